The van der Waals surface area contributed by atoms with Crippen LogP contribution in [-0.2, 0) is 9.59 Å². The van der Waals surface area contributed by atoms with Crippen molar-refractivity contribution in [2.24, 2.45) is 0 Å². The summed E-state index contributed by atoms with van der Waals surface area (Å²) in [6.45, 7) is 6.46. The Bertz CT molecular complexity index is 797. The summed E-state index contributed by atoms with van der Waals surface area (Å²) in [7, 11) is 0. The Kier molecular flexibility index (Phi) is 7.76. The number of nitrogens with zero attached hydrogens (tertiary/aromatic N) is 2. The molecule has 1 unspecified atom stereocenters. The quantitative estimate of drug-likeness (QED) is 0.676. The number of benzene rings is 1. The second kappa shape index (κ2) is 10.0. The summed E-state index contributed by atoms with van der Waals surface area (Å²) in [5, 5.41) is 5.92. The van der Waals surface area contributed by atoms with Crippen LogP contribution in [0, 0.1) is 6.92 Å². The molecule has 0 fully saturated rings. The van der Waals surface area contributed by atoms with Gasteiger partial charge in [-0.15, -0.1) is 0 Å². The number of aryl methyl sites for hydroxylation is 1. The molecule has 2 N–H and O–H groups in total. The van der Waals surface area contributed by atoms with Crippen molar-refractivity contribution in [3.8, 4) is 0 Å². The molecule has 0 radical (unpaired) electrons. The van der Waals surface area contributed by atoms with E-state index in [4.69, 9.17) is 11.6 Å². The molecule has 6 nitrogen and oxygen atoms in total. The Morgan fingerprint density at radius 1 is 1.15 bits per heavy atom. The van der Waals surface area contributed by atoms with Crippen LogP contribution in [0.5, 0.6) is 0 Å². The number of carbonyl (C=O) groups excluding carboxylic acids is 2. The number of hydrogen-bond acceptors (Lipinski definition) is 4. The van der Waals surface area contributed by atoms with Crippen molar-refractivity contribution in [1.29, 1.82) is 0 Å². The van der Waals surface area contributed by atoms with E-state index in [0.29, 0.717) is 12.2 Å². The van der Waals surface area contributed by atoms with Gasteiger partial charge in [0.2, 0.25) is 11.8 Å². The highest BCUT2D eigenvalue weighted by Gasteiger charge is 2.23. The Labute approximate surface area is 164 Å². The molecule has 0 bridgehead atoms. The van der Waals surface area contributed by atoms with Gasteiger partial charge in [0.15, 0.2) is 5.15 Å². The number of para-hydroxylation sites is 1. The van der Waals surface area contributed by atoms with Crippen molar-refractivity contribution in [2.75, 3.05) is 23.7 Å². The Morgan fingerprint density at radius 3 is 2.52 bits per heavy atom. The van der Waals surface area contributed by atoms with Crippen LogP contribution >= 0.6 is 11.6 Å². The van der Waals surface area contributed by atoms with Crippen LogP contribution in [0.1, 0.15) is 25.8 Å². The maximum absolute atomic E-state index is 12.6. The highest BCUT2D eigenvalue weighted by molar-refractivity contribution is 6.32. The molecule has 0 aliphatic carbocycles. The van der Waals surface area contributed by atoms with Crippen LogP contribution in [0.4, 0.5) is 11.4 Å². The number of rotatable bonds is 8. The molecule has 0 saturated heterocycles. The van der Waals surface area contributed by atoms with Gasteiger partial charge in [0.1, 0.15) is 0 Å². The van der Waals surface area contributed by atoms with Crippen molar-refractivity contribution in [2.45, 2.75) is 33.2 Å². The molecule has 0 spiro atoms. The van der Waals surface area contributed by atoms with Crippen LogP contribution < -0.4 is 10.6 Å². The lowest BCUT2D eigenvalue weighted by molar-refractivity contribution is -0.123. The Balaban J connectivity index is 2.02. The van der Waals surface area contributed by atoms with Gasteiger partial charge in [-0.1, -0.05) is 36.7 Å². The molecule has 27 heavy (non-hydrogen) atoms. The average molecular weight is 389 g/mol. The molecule has 0 aliphatic rings. The molecule has 1 atom stereocenters. The molecule has 7 heteroatoms. The standard InChI is InChI=1S/C20H25ClN4O2/c1-4-12-25(13-18(26)23-16-9-6-5-8-14(16)2)15(3)20(27)24-17-10-7-11-22-19(17)21/h5-11,15H,4,12-13H2,1-3H3,(H,23,26)(H,24,27). The average Bonchev–Trinajstić information content (AvgIpc) is 2.64. The van der Waals surface area contributed by atoms with E-state index in [1.165, 1.54) is 0 Å². The lowest BCUT2D eigenvalue weighted by Gasteiger charge is -2.27. The van der Waals surface area contributed by atoms with Gasteiger partial charge in [-0.25, -0.2) is 4.98 Å². The topological polar surface area (TPSA) is 74.3 Å². The second-order valence-corrected chi connectivity index (χ2v) is 6.70. The van der Waals surface area contributed by atoms with Crippen LogP contribution in [0.3, 0.4) is 0 Å². The van der Waals surface area contributed by atoms with E-state index in [1.54, 1.807) is 25.3 Å². The highest BCUT2D eigenvalue weighted by atomic mass is 35.5. The fourth-order valence-corrected chi connectivity index (χ4v) is 2.83. The molecule has 2 amide bonds. The minimum absolute atomic E-state index is 0.123. The summed E-state index contributed by atoms with van der Waals surface area (Å²) >= 11 is 6.00. The van der Waals surface area contributed by atoms with Gasteiger partial charge in [-0.05, 0) is 50.6 Å². The van der Waals surface area contributed by atoms with E-state index < -0.39 is 6.04 Å². The van der Waals surface area contributed by atoms with Gasteiger partial charge in [0, 0.05) is 11.9 Å². The van der Waals surface area contributed by atoms with Crippen molar-refractivity contribution in [3.05, 3.63) is 53.3 Å². The SMILES string of the molecule is CCCN(CC(=O)Nc1ccccc1C)C(C)C(=O)Nc1cccnc1Cl. The number of nitrogens with one attached hydrogen (secondary N) is 2. The van der Waals surface area contributed by atoms with Gasteiger partial charge < -0.3 is 10.6 Å². The van der Waals surface area contributed by atoms with Crippen molar-refractivity contribution in [3.63, 3.8) is 0 Å². The predicted octanol–water partition coefficient (Wildman–Crippen LogP) is 3.72. The third-order valence-electron chi connectivity index (χ3n) is 4.22. The summed E-state index contributed by atoms with van der Waals surface area (Å²) in [5.41, 5.74) is 2.22. The number of aromatic nitrogens is 1. The summed E-state index contributed by atoms with van der Waals surface area (Å²) in [6, 6.07) is 10.5. The summed E-state index contributed by atoms with van der Waals surface area (Å²) in [4.78, 5) is 30.9. The van der Waals surface area contributed by atoms with E-state index in [2.05, 4.69) is 15.6 Å². The van der Waals surface area contributed by atoms with Gasteiger partial charge in [-0.3, -0.25) is 14.5 Å². The molecule has 1 heterocycles. The lowest BCUT2D eigenvalue weighted by atomic mass is 10.2. The summed E-state index contributed by atoms with van der Waals surface area (Å²) in [5.74, 6) is -0.390. The third kappa shape index (κ3) is 6.05. The molecular weight excluding hydrogens is 364 g/mol. The molecule has 1 aromatic carbocycles. The maximum Gasteiger partial charge on any atom is 0.241 e. The summed E-state index contributed by atoms with van der Waals surface area (Å²) < 4.78 is 0. The van der Waals surface area contributed by atoms with Crippen molar-refractivity contribution >= 4 is 34.8 Å². The third-order valence-corrected chi connectivity index (χ3v) is 4.52. The zero-order chi connectivity index (χ0) is 19.8. The Hall–Kier alpha value is -2.44. The van der Waals surface area contributed by atoms with Gasteiger partial charge in [0.25, 0.3) is 0 Å². The molecule has 0 saturated carbocycles. The summed E-state index contributed by atoms with van der Waals surface area (Å²) in [6.07, 6.45) is 2.38. The van der Waals surface area contributed by atoms with Gasteiger partial charge in [0.05, 0.1) is 18.3 Å². The molecule has 2 rings (SSSR count). The number of halogens is 1. The number of hydrogen-bond donors (Lipinski definition) is 2. The van der Waals surface area contributed by atoms with E-state index in [9.17, 15) is 9.59 Å². The Morgan fingerprint density at radius 2 is 1.85 bits per heavy atom. The fraction of sp³-hybridized carbons (Fsp3) is 0.350. The molecule has 1 aromatic heterocycles. The molecule has 2 aromatic rings. The normalized spacial score (nSPS) is 11.9. The smallest absolute Gasteiger partial charge is 0.241 e. The first-order chi connectivity index (χ1) is 12.9. The van der Waals surface area contributed by atoms with E-state index in [1.807, 2.05) is 43.0 Å². The van der Waals surface area contributed by atoms with Crippen LogP contribution in [0.25, 0.3) is 0 Å². The number of carbonyl (C=O) groups is 2. The monoisotopic (exact) mass is 388 g/mol. The van der Waals surface area contributed by atoms with Gasteiger partial charge >= 0.3 is 0 Å². The zero-order valence-corrected chi connectivity index (χ0v) is 16.6. The largest absolute Gasteiger partial charge is 0.325 e. The van der Waals surface area contributed by atoms with Crippen LogP contribution in [0.15, 0.2) is 42.6 Å². The van der Waals surface area contributed by atoms with E-state index in [-0.39, 0.29) is 23.5 Å². The van der Waals surface area contributed by atoms with Crippen LogP contribution in [0.2, 0.25) is 5.15 Å². The van der Waals surface area contributed by atoms with Gasteiger partial charge in [-0.2, -0.15) is 0 Å². The number of amides is 2. The zero-order valence-electron chi connectivity index (χ0n) is 15.8. The minimum Gasteiger partial charge on any atom is -0.325 e. The van der Waals surface area contributed by atoms with E-state index >= 15 is 0 Å². The first-order valence-corrected chi connectivity index (χ1v) is 9.31. The molecule has 0 aliphatic heterocycles. The van der Waals surface area contributed by atoms with Crippen molar-refractivity contribution in [1.82, 2.24) is 9.88 Å². The first kappa shape index (κ1) is 20.9. The second-order valence-electron chi connectivity index (χ2n) is 6.34. The lowest BCUT2D eigenvalue weighted by Crippen LogP contribution is -2.46. The molecule has 144 valence electrons. The first-order valence-electron chi connectivity index (χ1n) is 8.93. The fourth-order valence-electron chi connectivity index (χ4n) is 2.67. The predicted molar refractivity (Wildman–Crippen MR) is 109 cm³/mol. The number of anilines is 2. The van der Waals surface area contributed by atoms with Crippen molar-refractivity contribution < 1.29 is 9.59 Å². The van der Waals surface area contributed by atoms with Crippen LogP contribution in [-0.4, -0.2) is 40.8 Å². The molecular formula is C20H25ClN4O2. The maximum atomic E-state index is 12.6. The minimum atomic E-state index is -0.496. The van der Waals surface area contributed by atoms with E-state index in [0.717, 1.165) is 17.7 Å². The highest BCUT2D eigenvalue weighted by Crippen LogP contribution is 2.18. The number of pyridine rings is 1.